The minimum atomic E-state index is 0.197. The highest BCUT2D eigenvalue weighted by molar-refractivity contribution is 9.09. The van der Waals surface area contributed by atoms with Crippen LogP contribution in [0, 0.1) is 0 Å². The molecule has 0 bridgehead atoms. The maximum absolute atomic E-state index is 5.42. The van der Waals surface area contributed by atoms with Crippen molar-refractivity contribution in [3.8, 4) is 0 Å². The molecule has 0 heterocycles. The van der Waals surface area contributed by atoms with Crippen molar-refractivity contribution < 1.29 is 0 Å². The lowest BCUT2D eigenvalue weighted by molar-refractivity contribution is 0.558. The van der Waals surface area contributed by atoms with Gasteiger partial charge in [0, 0.05) is 0 Å². The second kappa shape index (κ2) is 19.7. The fourth-order valence-corrected chi connectivity index (χ4v) is 1.63. The van der Waals surface area contributed by atoms with Crippen molar-refractivity contribution >= 4 is 15.9 Å². The zero-order valence-corrected chi connectivity index (χ0v) is 14.2. The van der Waals surface area contributed by atoms with E-state index in [0.29, 0.717) is 0 Å². The van der Waals surface area contributed by atoms with E-state index < -0.39 is 0 Å². The Labute approximate surface area is 123 Å². The molecule has 0 aliphatic heterocycles. The Morgan fingerprint density at radius 2 is 1.11 bits per heavy atom. The average Bonchev–Trinajstić information content (AvgIpc) is 2.37. The summed E-state index contributed by atoms with van der Waals surface area (Å²) in [6.45, 7) is 5.17. The predicted octanol–water partition coefficient (Wildman–Crippen LogP) is 4.94. The Hall–Kier alpha value is 0.400. The van der Waals surface area contributed by atoms with Gasteiger partial charge in [-0.25, -0.2) is 0 Å². The maximum atomic E-state index is 5.42. The molecule has 1 atom stereocenters. The first kappa shape index (κ1) is 20.7. The van der Waals surface area contributed by atoms with Crippen LogP contribution in [-0.2, 0) is 0 Å². The molecule has 112 valence electrons. The molecule has 2 nitrogen and oxygen atoms in total. The van der Waals surface area contributed by atoms with Gasteiger partial charge >= 0.3 is 0 Å². The first-order valence-electron chi connectivity index (χ1n) is 7.78. The summed E-state index contributed by atoms with van der Waals surface area (Å²) in [6.07, 6.45) is 14.9. The van der Waals surface area contributed by atoms with E-state index in [-0.39, 0.29) is 4.95 Å². The van der Waals surface area contributed by atoms with Crippen molar-refractivity contribution in [2.75, 3.05) is 6.54 Å². The second-order valence-corrected chi connectivity index (χ2v) is 6.07. The maximum Gasteiger partial charge on any atom is 0.0603 e. The van der Waals surface area contributed by atoms with Crippen LogP contribution in [0.3, 0.4) is 0 Å². The summed E-state index contributed by atoms with van der Waals surface area (Å²) in [7, 11) is 0. The minimum Gasteiger partial charge on any atom is -0.330 e. The summed E-state index contributed by atoms with van der Waals surface area (Å²) in [4.78, 5) is 0.197. The zero-order valence-electron chi connectivity index (χ0n) is 12.6. The normalized spacial score (nSPS) is 11.8. The fourth-order valence-electron chi connectivity index (χ4n) is 1.63. The summed E-state index contributed by atoms with van der Waals surface area (Å²) < 4.78 is 0. The summed E-state index contributed by atoms with van der Waals surface area (Å²) in [5.41, 5.74) is 10.6. The molecule has 0 spiro atoms. The Morgan fingerprint density at radius 1 is 0.778 bits per heavy atom. The van der Waals surface area contributed by atoms with Crippen LogP contribution in [0.25, 0.3) is 0 Å². The molecule has 0 fully saturated rings. The first-order valence-corrected chi connectivity index (χ1v) is 8.70. The minimum absolute atomic E-state index is 0.197. The molecule has 1 unspecified atom stereocenters. The molecule has 0 radical (unpaired) electrons. The third kappa shape index (κ3) is 25.3. The molecule has 0 aromatic carbocycles. The number of nitrogens with two attached hydrogens (primary N) is 2. The molecular weight excluding hydrogens is 288 g/mol. The van der Waals surface area contributed by atoms with Crippen LogP contribution in [0.4, 0.5) is 0 Å². The van der Waals surface area contributed by atoms with Crippen molar-refractivity contribution in [2.45, 2.75) is 89.4 Å². The third-order valence-corrected chi connectivity index (χ3v) is 3.60. The van der Waals surface area contributed by atoms with Gasteiger partial charge in [0.2, 0.25) is 0 Å². The molecule has 0 aromatic rings. The molecule has 18 heavy (non-hydrogen) atoms. The second-order valence-electron chi connectivity index (χ2n) is 4.89. The molecule has 0 saturated heterocycles. The van der Waals surface area contributed by atoms with Gasteiger partial charge in [-0.1, -0.05) is 87.6 Å². The lowest BCUT2D eigenvalue weighted by atomic mass is 10.1. The Kier molecular flexibility index (Phi) is 22.7. The summed E-state index contributed by atoms with van der Waals surface area (Å²) in [6, 6.07) is 0. The Morgan fingerprint density at radius 3 is 1.39 bits per heavy atom. The van der Waals surface area contributed by atoms with Gasteiger partial charge in [-0.2, -0.15) is 0 Å². The van der Waals surface area contributed by atoms with Gasteiger partial charge in [-0.15, -0.1) is 0 Å². The molecule has 0 rings (SSSR count). The molecule has 3 heteroatoms. The summed E-state index contributed by atoms with van der Waals surface area (Å²) >= 11 is 3.15. The van der Waals surface area contributed by atoms with Crippen molar-refractivity contribution in [1.82, 2.24) is 0 Å². The summed E-state index contributed by atoms with van der Waals surface area (Å²) in [5.74, 6) is 0. The summed E-state index contributed by atoms with van der Waals surface area (Å²) in [5, 5.41) is 0. The number of unbranched alkanes of at least 4 members (excludes halogenated alkanes) is 9. The number of hydrogen-bond acceptors (Lipinski definition) is 2. The molecule has 0 amide bonds. The van der Waals surface area contributed by atoms with Crippen molar-refractivity contribution in [3.63, 3.8) is 0 Å². The van der Waals surface area contributed by atoms with Crippen LogP contribution in [0.1, 0.15) is 84.5 Å². The van der Waals surface area contributed by atoms with Gasteiger partial charge in [0.1, 0.15) is 0 Å². The van der Waals surface area contributed by atoms with E-state index in [0.717, 1.165) is 13.0 Å². The van der Waals surface area contributed by atoms with E-state index in [1.165, 1.54) is 64.2 Å². The van der Waals surface area contributed by atoms with Crippen LogP contribution >= 0.6 is 15.9 Å². The molecule has 0 aliphatic rings. The molecule has 0 saturated carbocycles. The zero-order chi connectivity index (χ0) is 14.1. The lowest BCUT2D eigenvalue weighted by Gasteiger charge is -2.00. The number of halogens is 1. The van der Waals surface area contributed by atoms with E-state index >= 15 is 0 Å². The monoisotopic (exact) mass is 322 g/mol. The third-order valence-electron chi connectivity index (χ3n) is 2.95. The SMILES string of the molecule is CCC(N)Br.CCCCCCCCCCCCN. The Balaban J connectivity index is 0. The highest BCUT2D eigenvalue weighted by Crippen LogP contribution is 2.09. The number of alkyl halides is 1. The van der Waals surface area contributed by atoms with Gasteiger partial charge in [0.25, 0.3) is 0 Å². The standard InChI is InChI=1S/C12H27N.C3H8BrN/c1-2-3-4-5-6-7-8-9-10-11-12-13;1-2-3(4)5/h2-13H2,1H3;3H,2,5H2,1H3. The van der Waals surface area contributed by atoms with Crippen LogP contribution < -0.4 is 11.5 Å². The highest BCUT2D eigenvalue weighted by atomic mass is 79.9. The van der Waals surface area contributed by atoms with Crippen molar-refractivity contribution in [1.29, 1.82) is 0 Å². The smallest absolute Gasteiger partial charge is 0.0603 e. The lowest BCUT2D eigenvalue weighted by Crippen LogP contribution is -2.07. The van der Waals surface area contributed by atoms with E-state index in [9.17, 15) is 0 Å². The van der Waals surface area contributed by atoms with Crippen molar-refractivity contribution in [3.05, 3.63) is 0 Å². The van der Waals surface area contributed by atoms with E-state index in [4.69, 9.17) is 11.5 Å². The van der Waals surface area contributed by atoms with Crippen LogP contribution in [0.15, 0.2) is 0 Å². The predicted molar refractivity (Wildman–Crippen MR) is 88.1 cm³/mol. The van der Waals surface area contributed by atoms with Crippen LogP contribution in [0.2, 0.25) is 0 Å². The fraction of sp³-hybridized carbons (Fsp3) is 1.00. The van der Waals surface area contributed by atoms with Crippen molar-refractivity contribution in [2.24, 2.45) is 11.5 Å². The molecule has 0 aromatic heterocycles. The largest absolute Gasteiger partial charge is 0.330 e. The van der Waals surface area contributed by atoms with Gasteiger partial charge < -0.3 is 11.5 Å². The number of rotatable bonds is 11. The van der Waals surface area contributed by atoms with Crippen LogP contribution in [-0.4, -0.2) is 11.5 Å². The quantitative estimate of drug-likeness (QED) is 0.321. The van der Waals surface area contributed by atoms with Gasteiger partial charge in [0.15, 0.2) is 0 Å². The van der Waals surface area contributed by atoms with E-state index in [1.807, 2.05) is 6.92 Å². The Bertz CT molecular complexity index is 120. The molecular formula is C15H35BrN2. The first-order chi connectivity index (χ1) is 8.68. The van der Waals surface area contributed by atoms with Gasteiger partial charge in [-0.3, -0.25) is 0 Å². The average molecular weight is 323 g/mol. The topological polar surface area (TPSA) is 52.0 Å². The number of hydrogen-bond donors (Lipinski definition) is 2. The van der Waals surface area contributed by atoms with Crippen LogP contribution in [0.5, 0.6) is 0 Å². The van der Waals surface area contributed by atoms with Gasteiger partial charge in [-0.05, 0) is 19.4 Å². The molecule has 0 aliphatic carbocycles. The highest BCUT2D eigenvalue weighted by Gasteiger charge is 1.91. The molecule has 4 N–H and O–H groups in total. The van der Waals surface area contributed by atoms with Gasteiger partial charge in [0.05, 0.1) is 4.95 Å². The van der Waals surface area contributed by atoms with E-state index in [2.05, 4.69) is 22.9 Å². The van der Waals surface area contributed by atoms with E-state index in [1.54, 1.807) is 0 Å².